The van der Waals surface area contributed by atoms with Crippen LogP contribution in [0.5, 0.6) is 0 Å². The van der Waals surface area contributed by atoms with E-state index in [2.05, 4.69) is 17.1 Å². The van der Waals surface area contributed by atoms with Gasteiger partial charge in [-0.1, -0.05) is 19.8 Å². The molecule has 0 bridgehead atoms. The first kappa shape index (κ1) is 12.9. The quantitative estimate of drug-likeness (QED) is 0.761. The van der Waals surface area contributed by atoms with Crippen LogP contribution in [0.25, 0.3) is 0 Å². The van der Waals surface area contributed by atoms with E-state index in [9.17, 15) is 4.79 Å². The van der Waals surface area contributed by atoms with E-state index >= 15 is 0 Å². The van der Waals surface area contributed by atoms with Crippen LogP contribution in [-0.4, -0.2) is 36.5 Å². The lowest BCUT2D eigenvalue weighted by molar-refractivity contribution is -0.137. The van der Waals surface area contributed by atoms with Crippen molar-refractivity contribution in [3.63, 3.8) is 0 Å². The minimum atomic E-state index is 0.377. The van der Waals surface area contributed by atoms with E-state index in [0.717, 1.165) is 25.6 Å². The minimum absolute atomic E-state index is 0.377. The molecular weight excluding hydrogens is 212 g/mol. The molecule has 2 unspecified atom stereocenters. The third-order valence-corrected chi connectivity index (χ3v) is 4.33. The zero-order valence-electron chi connectivity index (χ0n) is 11.1. The number of nitrogens with zero attached hydrogens (tertiary/aromatic N) is 1. The van der Waals surface area contributed by atoms with Gasteiger partial charge in [0.25, 0.3) is 0 Å². The second-order valence-electron chi connectivity index (χ2n) is 5.44. The van der Waals surface area contributed by atoms with Gasteiger partial charge in [0.05, 0.1) is 0 Å². The highest BCUT2D eigenvalue weighted by Crippen LogP contribution is 2.35. The smallest absolute Gasteiger partial charge is 0.224 e. The van der Waals surface area contributed by atoms with Gasteiger partial charge in [-0.3, -0.25) is 4.79 Å². The fraction of sp³-hybridized carbons (Fsp3) is 0.929. The second-order valence-corrected chi connectivity index (χ2v) is 5.44. The molecule has 1 saturated carbocycles. The molecule has 1 heterocycles. The zero-order chi connectivity index (χ0) is 12.1. The van der Waals surface area contributed by atoms with Crippen molar-refractivity contribution in [3.05, 3.63) is 0 Å². The highest BCUT2D eigenvalue weighted by molar-refractivity contribution is 5.76. The zero-order valence-corrected chi connectivity index (χ0v) is 11.1. The summed E-state index contributed by atoms with van der Waals surface area (Å²) in [5.74, 6) is 1.18. The summed E-state index contributed by atoms with van der Waals surface area (Å²) >= 11 is 0. The van der Waals surface area contributed by atoms with Crippen molar-refractivity contribution in [2.45, 2.75) is 57.9 Å². The molecule has 1 N–H and O–H groups in total. The van der Waals surface area contributed by atoms with Crippen LogP contribution in [0.1, 0.15) is 51.9 Å². The number of carbonyl (C=O) groups excluding carboxylic acids is 1. The molecule has 0 aromatic carbocycles. The summed E-state index contributed by atoms with van der Waals surface area (Å²) in [6.07, 6.45) is 8.53. The van der Waals surface area contributed by atoms with Crippen molar-refractivity contribution in [2.75, 3.05) is 19.6 Å². The number of piperidine rings is 1. The maximum atomic E-state index is 12.2. The van der Waals surface area contributed by atoms with Gasteiger partial charge in [-0.2, -0.15) is 0 Å². The Morgan fingerprint density at radius 2 is 2.00 bits per heavy atom. The van der Waals surface area contributed by atoms with Crippen LogP contribution < -0.4 is 5.32 Å². The number of amides is 1. The normalized spacial score (nSPS) is 28.9. The topological polar surface area (TPSA) is 32.3 Å². The Kier molecular flexibility index (Phi) is 4.84. The summed E-state index contributed by atoms with van der Waals surface area (Å²) < 4.78 is 0. The lowest BCUT2D eigenvalue weighted by Crippen LogP contribution is -2.50. The molecule has 0 aromatic heterocycles. The molecule has 1 aliphatic carbocycles. The number of hydrogen-bond donors (Lipinski definition) is 1. The van der Waals surface area contributed by atoms with Gasteiger partial charge in [-0.15, -0.1) is 0 Å². The first-order valence-electron chi connectivity index (χ1n) is 7.33. The molecule has 2 atom stereocenters. The molecule has 1 saturated heterocycles. The molecule has 1 amide bonds. The fourth-order valence-corrected chi connectivity index (χ4v) is 3.45. The molecule has 17 heavy (non-hydrogen) atoms. The molecule has 2 rings (SSSR count). The van der Waals surface area contributed by atoms with Gasteiger partial charge in [0, 0.05) is 25.6 Å². The Balaban J connectivity index is 1.87. The lowest BCUT2D eigenvalue weighted by Gasteiger charge is -2.44. The predicted octanol–water partition coefficient (Wildman–Crippen LogP) is 2.17. The van der Waals surface area contributed by atoms with Gasteiger partial charge in [0.15, 0.2) is 0 Å². The number of carbonyl (C=O) groups is 1. The summed E-state index contributed by atoms with van der Waals surface area (Å²) in [5, 5.41) is 3.24. The van der Waals surface area contributed by atoms with Crippen molar-refractivity contribution in [2.24, 2.45) is 5.92 Å². The molecule has 1 aliphatic heterocycles. The van der Waals surface area contributed by atoms with Crippen LogP contribution in [0, 0.1) is 5.92 Å². The Labute approximate surface area is 105 Å². The Hall–Kier alpha value is -0.570. The Morgan fingerprint density at radius 1 is 1.24 bits per heavy atom. The van der Waals surface area contributed by atoms with E-state index in [1.807, 2.05) is 0 Å². The van der Waals surface area contributed by atoms with Crippen LogP contribution in [-0.2, 0) is 4.79 Å². The van der Waals surface area contributed by atoms with Crippen LogP contribution >= 0.6 is 0 Å². The summed E-state index contributed by atoms with van der Waals surface area (Å²) in [6.45, 7) is 4.89. The standard InChI is InChI=1S/C14H26N2O/c1-2-15-10-9-14(17)16-11-5-7-12-6-3-4-8-13(12)16/h12-13,15H,2-11H2,1H3. The van der Waals surface area contributed by atoms with Crippen molar-refractivity contribution < 1.29 is 4.79 Å². The van der Waals surface area contributed by atoms with E-state index in [-0.39, 0.29) is 0 Å². The molecule has 3 nitrogen and oxygen atoms in total. The third-order valence-electron chi connectivity index (χ3n) is 4.33. The van der Waals surface area contributed by atoms with Gasteiger partial charge in [0.1, 0.15) is 0 Å². The molecule has 0 radical (unpaired) electrons. The first-order chi connectivity index (χ1) is 8.33. The van der Waals surface area contributed by atoms with Crippen molar-refractivity contribution in [1.29, 1.82) is 0 Å². The van der Waals surface area contributed by atoms with E-state index in [4.69, 9.17) is 0 Å². The Morgan fingerprint density at radius 3 is 2.82 bits per heavy atom. The van der Waals surface area contributed by atoms with Crippen molar-refractivity contribution in [3.8, 4) is 0 Å². The summed E-state index contributed by atoms with van der Waals surface area (Å²) in [6, 6.07) is 0.576. The highest BCUT2D eigenvalue weighted by atomic mass is 16.2. The maximum Gasteiger partial charge on any atom is 0.224 e. The molecule has 3 heteroatoms. The van der Waals surface area contributed by atoms with Gasteiger partial charge < -0.3 is 10.2 Å². The summed E-state index contributed by atoms with van der Waals surface area (Å²) in [7, 11) is 0. The molecule has 2 aliphatic rings. The largest absolute Gasteiger partial charge is 0.339 e. The SMILES string of the molecule is CCNCCC(=O)N1CCCC2CCCCC21. The molecule has 2 fully saturated rings. The number of hydrogen-bond acceptors (Lipinski definition) is 2. The number of rotatable bonds is 4. The van der Waals surface area contributed by atoms with Crippen molar-refractivity contribution >= 4 is 5.91 Å². The molecule has 0 aromatic rings. The lowest BCUT2D eigenvalue weighted by atomic mass is 9.78. The monoisotopic (exact) mass is 238 g/mol. The second kappa shape index (κ2) is 6.39. The van der Waals surface area contributed by atoms with E-state index in [1.54, 1.807) is 0 Å². The number of nitrogens with one attached hydrogen (secondary N) is 1. The van der Waals surface area contributed by atoms with Crippen LogP contribution in [0.15, 0.2) is 0 Å². The van der Waals surface area contributed by atoms with Gasteiger partial charge in [0.2, 0.25) is 5.91 Å². The summed E-state index contributed by atoms with van der Waals surface area (Å²) in [4.78, 5) is 14.4. The predicted molar refractivity (Wildman–Crippen MR) is 69.9 cm³/mol. The fourth-order valence-electron chi connectivity index (χ4n) is 3.45. The number of fused-ring (bicyclic) bond motifs is 1. The van der Waals surface area contributed by atoms with Gasteiger partial charge in [-0.05, 0) is 38.1 Å². The average molecular weight is 238 g/mol. The van der Waals surface area contributed by atoms with Crippen LogP contribution in [0.3, 0.4) is 0 Å². The molecular formula is C14H26N2O. The first-order valence-corrected chi connectivity index (χ1v) is 7.33. The van der Waals surface area contributed by atoms with Crippen LogP contribution in [0.4, 0.5) is 0 Å². The highest BCUT2D eigenvalue weighted by Gasteiger charge is 2.35. The van der Waals surface area contributed by atoms with Gasteiger partial charge in [-0.25, -0.2) is 0 Å². The average Bonchev–Trinajstić information content (AvgIpc) is 2.38. The van der Waals surface area contributed by atoms with E-state index in [0.29, 0.717) is 18.4 Å². The molecule has 98 valence electrons. The number of likely N-dealkylation sites (tertiary alicyclic amines) is 1. The Bertz CT molecular complexity index is 253. The molecule has 0 spiro atoms. The van der Waals surface area contributed by atoms with Gasteiger partial charge >= 0.3 is 0 Å². The minimum Gasteiger partial charge on any atom is -0.339 e. The summed E-state index contributed by atoms with van der Waals surface area (Å²) in [5.41, 5.74) is 0. The van der Waals surface area contributed by atoms with Crippen molar-refractivity contribution in [1.82, 2.24) is 10.2 Å². The van der Waals surface area contributed by atoms with Crippen LogP contribution in [0.2, 0.25) is 0 Å². The van der Waals surface area contributed by atoms with E-state index in [1.165, 1.54) is 38.5 Å². The third kappa shape index (κ3) is 3.21. The van der Waals surface area contributed by atoms with E-state index < -0.39 is 0 Å². The maximum absolute atomic E-state index is 12.2.